The van der Waals surface area contributed by atoms with Gasteiger partial charge < -0.3 is 22.8 Å². The highest BCUT2D eigenvalue weighted by Crippen LogP contribution is 2.16. The SMILES string of the molecule is C=C(CCC(=C)C(=O)OCCC[Si](OC)(OC)OC)C(=O)OC. The fourth-order valence-electron chi connectivity index (χ4n) is 1.76. The zero-order chi connectivity index (χ0) is 17.9. The van der Waals surface area contributed by atoms with Crippen molar-refractivity contribution in [3.05, 3.63) is 24.3 Å². The molecular formula is C15H26O7Si. The minimum absolute atomic E-state index is 0.209. The van der Waals surface area contributed by atoms with Gasteiger partial charge in [0.15, 0.2) is 0 Å². The summed E-state index contributed by atoms with van der Waals surface area (Å²) in [4.78, 5) is 23.0. The van der Waals surface area contributed by atoms with Crippen molar-refractivity contribution in [1.29, 1.82) is 0 Å². The molecule has 0 heterocycles. The van der Waals surface area contributed by atoms with Gasteiger partial charge in [-0.25, -0.2) is 9.59 Å². The van der Waals surface area contributed by atoms with E-state index in [4.69, 9.17) is 18.0 Å². The zero-order valence-corrected chi connectivity index (χ0v) is 15.3. The molecule has 7 nitrogen and oxygen atoms in total. The Kier molecular flexibility index (Phi) is 10.4. The van der Waals surface area contributed by atoms with Crippen molar-refractivity contribution in [2.24, 2.45) is 0 Å². The van der Waals surface area contributed by atoms with E-state index in [1.54, 1.807) is 0 Å². The molecule has 0 bridgehead atoms. The van der Waals surface area contributed by atoms with Crippen molar-refractivity contribution >= 4 is 20.7 Å². The van der Waals surface area contributed by atoms with Crippen LogP contribution in [0.4, 0.5) is 0 Å². The van der Waals surface area contributed by atoms with Crippen molar-refractivity contribution in [2.45, 2.75) is 25.3 Å². The van der Waals surface area contributed by atoms with Gasteiger partial charge in [0.05, 0.1) is 13.7 Å². The number of esters is 2. The van der Waals surface area contributed by atoms with Crippen LogP contribution in [0.25, 0.3) is 0 Å². The molecule has 0 aromatic carbocycles. The highest BCUT2D eigenvalue weighted by Gasteiger charge is 2.37. The van der Waals surface area contributed by atoms with Gasteiger partial charge in [0.1, 0.15) is 0 Å². The molecular weight excluding hydrogens is 320 g/mol. The lowest BCUT2D eigenvalue weighted by Crippen LogP contribution is -2.42. The average molecular weight is 346 g/mol. The molecule has 0 aromatic rings. The maximum absolute atomic E-state index is 11.8. The van der Waals surface area contributed by atoms with Crippen molar-refractivity contribution < 1.29 is 32.3 Å². The van der Waals surface area contributed by atoms with Crippen LogP contribution >= 0.6 is 0 Å². The second kappa shape index (κ2) is 11.1. The summed E-state index contributed by atoms with van der Waals surface area (Å²) in [5, 5.41) is 0. The van der Waals surface area contributed by atoms with E-state index in [0.29, 0.717) is 25.3 Å². The van der Waals surface area contributed by atoms with Gasteiger partial charge >= 0.3 is 20.7 Å². The van der Waals surface area contributed by atoms with Crippen LogP contribution in [0.15, 0.2) is 24.3 Å². The predicted molar refractivity (Wildman–Crippen MR) is 86.7 cm³/mol. The molecule has 132 valence electrons. The van der Waals surface area contributed by atoms with Crippen molar-refractivity contribution in [1.82, 2.24) is 0 Å². The summed E-state index contributed by atoms with van der Waals surface area (Å²) in [5.74, 6) is -0.992. The molecule has 23 heavy (non-hydrogen) atoms. The van der Waals surface area contributed by atoms with E-state index in [9.17, 15) is 9.59 Å². The molecule has 0 aromatic heterocycles. The number of ether oxygens (including phenoxy) is 2. The second-order valence-electron chi connectivity index (χ2n) is 4.73. The molecule has 0 unspecified atom stereocenters. The topological polar surface area (TPSA) is 80.3 Å². The summed E-state index contributed by atoms with van der Waals surface area (Å²) in [6.45, 7) is 7.45. The average Bonchev–Trinajstić information content (AvgIpc) is 2.59. The quantitative estimate of drug-likeness (QED) is 0.231. The molecule has 0 amide bonds. The number of methoxy groups -OCH3 is 1. The molecule has 0 saturated carbocycles. The first-order chi connectivity index (χ1) is 10.9. The van der Waals surface area contributed by atoms with Crippen LogP contribution in [0.5, 0.6) is 0 Å². The Morgan fingerprint density at radius 1 is 0.870 bits per heavy atom. The van der Waals surface area contributed by atoms with Crippen LogP contribution in [0.3, 0.4) is 0 Å². The van der Waals surface area contributed by atoms with E-state index in [-0.39, 0.29) is 17.8 Å². The molecule has 8 heteroatoms. The van der Waals surface area contributed by atoms with Gasteiger partial charge in [-0.2, -0.15) is 0 Å². The van der Waals surface area contributed by atoms with Crippen molar-refractivity contribution in [3.63, 3.8) is 0 Å². The van der Waals surface area contributed by atoms with Crippen LogP contribution in [0, 0.1) is 0 Å². The number of rotatable bonds is 12. The number of hydrogen-bond acceptors (Lipinski definition) is 7. The van der Waals surface area contributed by atoms with E-state index in [1.165, 1.54) is 28.4 Å². The summed E-state index contributed by atoms with van der Waals surface area (Å²) in [6.07, 6.45) is 1.14. The van der Waals surface area contributed by atoms with Crippen LogP contribution < -0.4 is 0 Å². The Labute approximate surface area is 138 Å². The first-order valence-electron chi connectivity index (χ1n) is 7.12. The summed E-state index contributed by atoms with van der Waals surface area (Å²) in [5.41, 5.74) is 0.571. The van der Waals surface area contributed by atoms with E-state index in [0.717, 1.165) is 0 Å². The molecule has 0 saturated heterocycles. The summed E-state index contributed by atoms with van der Waals surface area (Å²) >= 11 is 0. The third-order valence-electron chi connectivity index (χ3n) is 3.28. The summed E-state index contributed by atoms with van der Waals surface area (Å²) in [6, 6.07) is 0.537. The Balaban J connectivity index is 4.08. The Morgan fingerprint density at radius 2 is 1.35 bits per heavy atom. The van der Waals surface area contributed by atoms with Crippen LogP contribution in [-0.2, 0) is 32.3 Å². The molecule has 0 fully saturated rings. The molecule has 0 spiro atoms. The third kappa shape index (κ3) is 7.55. The normalized spacial score (nSPS) is 11.0. The maximum Gasteiger partial charge on any atom is 0.500 e. The van der Waals surface area contributed by atoms with Crippen molar-refractivity contribution in [3.8, 4) is 0 Å². The Hall–Kier alpha value is -1.48. The van der Waals surface area contributed by atoms with E-state index >= 15 is 0 Å². The smallest absolute Gasteiger partial charge is 0.466 e. The van der Waals surface area contributed by atoms with E-state index in [2.05, 4.69) is 17.9 Å². The molecule has 0 N–H and O–H groups in total. The molecule has 0 aliphatic heterocycles. The first kappa shape index (κ1) is 21.5. The van der Waals surface area contributed by atoms with Crippen LogP contribution in [0.1, 0.15) is 19.3 Å². The van der Waals surface area contributed by atoms with Crippen molar-refractivity contribution in [2.75, 3.05) is 35.0 Å². The van der Waals surface area contributed by atoms with Gasteiger partial charge in [0, 0.05) is 38.5 Å². The fraction of sp³-hybridized carbons (Fsp3) is 0.600. The minimum atomic E-state index is -2.64. The molecule has 0 rings (SSSR count). The first-order valence-corrected chi connectivity index (χ1v) is 9.05. The molecule has 0 aliphatic carbocycles. The second-order valence-corrected chi connectivity index (χ2v) is 7.82. The summed E-state index contributed by atoms with van der Waals surface area (Å²) < 4.78 is 25.5. The standard InChI is InChI=1S/C15H26O7Si/c1-12(14(16)18-3)8-9-13(2)15(17)22-10-7-11-23(19-4,20-5)21-6/h1-2,7-11H2,3-6H3. The predicted octanol–water partition coefficient (Wildman–Crippen LogP) is 1.86. The number of carbonyl (C=O) groups excluding carboxylic acids is 2. The van der Waals surface area contributed by atoms with Crippen LogP contribution in [0.2, 0.25) is 6.04 Å². The number of hydrogen-bond donors (Lipinski definition) is 0. The maximum atomic E-state index is 11.8. The summed E-state index contributed by atoms with van der Waals surface area (Å²) in [7, 11) is 3.22. The van der Waals surface area contributed by atoms with Gasteiger partial charge in [0.25, 0.3) is 0 Å². The highest BCUT2D eigenvalue weighted by atomic mass is 28.4. The molecule has 0 atom stereocenters. The van der Waals surface area contributed by atoms with Gasteiger partial charge in [0.2, 0.25) is 0 Å². The monoisotopic (exact) mass is 346 g/mol. The Morgan fingerprint density at radius 3 is 1.78 bits per heavy atom. The Bertz CT molecular complexity index is 421. The minimum Gasteiger partial charge on any atom is -0.466 e. The van der Waals surface area contributed by atoms with Crippen LogP contribution in [-0.4, -0.2) is 55.8 Å². The van der Waals surface area contributed by atoms with Gasteiger partial charge in [-0.15, -0.1) is 0 Å². The van der Waals surface area contributed by atoms with Gasteiger partial charge in [-0.3, -0.25) is 0 Å². The lowest BCUT2D eigenvalue weighted by Gasteiger charge is -2.24. The lowest BCUT2D eigenvalue weighted by molar-refractivity contribution is -0.139. The fourth-order valence-corrected chi connectivity index (χ4v) is 3.45. The largest absolute Gasteiger partial charge is 0.500 e. The van der Waals surface area contributed by atoms with Gasteiger partial charge in [-0.1, -0.05) is 13.2 Å². The molecule has 0 aliphatic rings. The number of carbonyl (C=O) groups is 2. The van der Waals surface area contributed by atoms with Gasteiger partial charge in [-0.05, 0) is 19.3 Å². The molecule has 0 radical (unpaired) electrons. The zero-order valence-electron chi connectivity index (χ0n) is 14.3. The third-order valence-corrected chi connectivity index (χ3v) is 6.12. The lowest BCUT2D eigenvalue weighted by atomic mass is 10.1. The van der Waals surface area contributed by atoms with E-state index in [1.807, 2.05) is 0 Å². The highest BCUT2D eigenvalue weighted by molar-refractivity contribution is 6.60. The van der Waals surface area contributed by atoms with E-state index < -0.39 is 20.7 Å².